The van der Waals surface area contributed by atoms with Crippen LogP contribution in [-0.4, -0.2) is 24.4 Å². The number of rotatable bonds is 0. The first-order valence-electron chi connectivity index (χ1n) is 5.61. The average Bonchev–Trinajstić information content (AvgIpc) is 2.86. The molecule has 1 unspecified atom stereocenters. The molecule has 1 aliphatic carbocycles. The maximum Gasteiger partial charge on any atom is 0.0965 e. The molecule has 2 saturated heterocycles. The summed E-state index contributed by atoms with van der Waals surface area (Å²) in [6.45, 7) is 1.93. The Labute approximate surface area is 79.6 Å². The predicted octanol–water partition coefficient (Wildman–Crippen LogP) is 2.27. The number of ether oxygens (including phenoxy) is 2. The second-order valence-electron chi connectivity index (χ2n) is 4.99. The minimum Gasteiger partial charge on any atom is -0.375 e. The summed E-state index contributed by atoms with van der Waals surface area (Å²) in [5, 5.41) is 0. The lowest BCUT2D eigenvalue weighted by Crippen LogP contribution is -2.44. The zero-order valence-electron chi connectivity index (χ0n) is 8.18. The Morgan fingerprint density at radius 2 is 1.54 bits per heavy atom. The molecule has 0 bridgehead atoms. The standard InChI is InChI=1S/C11H18O2/c1-2-4-10(5-3-1)8-11(9-13-11)6-7-12-10/h1-9H2. The first kappa shape index (κ1) is 8.25. The monoisotopic (exact) mass is 182 g/mol. The van der Waals surface area contributed by atoms with Gasteiger partial charge in [0.1, 0.15) is 0 Å². The van der Waals surface area contributed by atoms with Gasteiger partial charge in [-0.1, -0.05) is 19.3 Å². The van der Waals surface area contributed by atoms with Crippen molar-refractivity contribution in [1.82, 2.24) is 0 Å². The van der Waals surface area contributed by atoms with Crippen molar-refractivity contribution in [1.29, 1.82) is 0 Å². The van der Waals surface area contributed by atoms with Gasteiger partial charge in [-0.2, -0.15) is 0 Å². The van der Waals surface area contributed by atoms with E-state index in [0.717, 1.165) is 19.6 Å². The zero-order valence-corrected chi connectivity index (χ0v) is 8.18. The SMILES string of the molecule is C1CCC2(CC1)CC1(CCO2)CO1. The summed E-state index contributed by atoms with van der Waals surface area (Å²) in [4.78, 5) is 0. The summed E-state index contributed by atoms with van der Waals surface area (Å²) >= 11 is 0. The van der Waals surface area contributed by atoms with Crippen LogP contribution in [0.3, 0.4) is 0 Å². The molecule has 0 aromatic heterocycles. The van der Waals surface area contributed by atoms with Gasteiger partial charge in [0.2, 0.25) is 0 Å². The van der Waals surface area contributed by atoms with E-state index >= 15 is 0 Å². The summed E-state index contributed by atoms with van der Waals surface area (Å²) < 4.78 is 11.6. The molecule has 3 aliphatic rings. The predicted molar refractivity (Wildman–Crippen MR) is 49.7 cm³/mol. The van der Waals surface area contributed by atoms with Gasteiger partial charge in [-0.3, -0.25) is 0 Å². The molecule has 74 valence electrons. The van der Waals surface area contributed by atoms with Gasteiger partial charge < -0.3 is 9.47 Å². The molecule has 2 spiro atoms. The smallest absolute Gasteiger partial charge is 0.0965 e. The molecule has 1 atom stereocenters. The van der Waals surface area contributed by atoms with Gasteiger partial charge in [-0.25, -0.2) is 0 Å². The Kier molecular flexibility index (Phi) is 1.72. The van der Waals surface area contributed by atoms with E-state index in [9.17, 15) is 0 Å². The van der Waals surface area contributed by atoms with Crippen molar-refractivity contribution >= 4 is 0 Å². The lowest BCUT2D eigenvalue weighted by atomic mass is 9.76. The van der Waals surface area contributed by atoms with Crippen molar-refractivity contribution in [3.8, 4) is 0 Å². The maximum atomic E-state index is 6.00. The van der Waals surface area contributed by atoms with Gasteiger partial charge in [-0.05, 0) is 12.8 Å². The average molecular weight is 182 g/mol. The molecule has 0 N–H and O–H groups in total. The molecule has 0 aromatic carbocycles. The van der Waals surface area contributed by atoms with Crippen LogP contribution in [0.4, 0.5) is 0 Å². The second-order valence-corrected chi connectivity index (χ2v) is 4.99. The molecule has 3 rings (SSSR count). The highest BCUT2D eigenvalue weighted by Crippen LogP contribution is 2.48. The van der Waals surface area contributed by atoms with Crippen molar-refractivity contribution in [3.05, 3.63) is 0 Å². The van der Waals surface area contributed by atoms with Crippen molar-refractivity contribution in [2.24, 2.45) is 0 Å². The topological polar surface area (TPSA) is 21.8 Å². The van der Waals surface area contributed by atoms with Crippen LogP contribution in [0.15, 0.2) is 0 Å². The lowest BCUT2D eigenvalue weighted by Gasteiger charge is -2.42. The van der Waals surface area contributed by atoms with Crippen LogP contribution in [0.1, 0.15) is 44.9 Å². The van der Waals surface area contributed by atoms with Crippen molar-refractivity contribution in [3.63, 3.8) is 0 Å². The van der Waals surface area contributed by atoms with Gasteiger partial charge >= 0.3 is 0 Å². The molecule has 0 aromatic rings. The van der Waals surface area contributed by atoms with Crippen LogP contribution in [-0.2, 0) is 9.47 Å². The van der Waals surface area contributed by atoms with E-state index in [1.165, 1.54) is 38.5 Å². The summed E-state index contributed by atoms with van der Waals surface area (Å²) in [6, 6.07) is 0. The Morgan fingerprint density at radius 1 is 0.769 bits per heavy atom. The first-order valence-corrected chi connectivity index (χ1v) is 5.61. The van der Waals surface area contributed by atoms with Crippen molar-refractivity contribution < 1.29 is 9.47 Å². The quantitative estimate of drug-likeness (QED) is 0.536. The molecule has 2 nitrogen and oxygen atoms in total. The van der Waals surface area contributed by atoms with Crippen LogP contribution in [0, 0.1) is 0 Å². The minimum absolute atomic E-state index is 0.229. The van der Waals surface area contributed by atoms with Crippen LogP contribution in [0.5, 0.6) is 0 Å². The van der Waals surface area contributed by atoms with Crippen molar-refractivity contribution in [2.45, 2.75) is 56.1 Å². The number of epoxide rings is 1. The summed E-state index contributed by atoms with van der Waals surface area (Å²) in [5.74, 6) is 0. The Morgan fingerprint density at radius 3 is 2.23 bits per heavy atom. The van der Waals surface area contributed by atoms with Crippen LogP contribution >= 0.6 is 0 Å². The lowest BCUT2D eigenvalue weighted by molar-refractivity contribution is -0.122. The second kappa shape index (κ2) is 2.71. The third kappa shape index (κ3) is 1.40. The largest absolute Gasteiger partial charge is 0.375 e. The first-order chi connectivity index (χ1) is 6.33. The summed E-state index contributed by atoms with van der Waals surface area (Å²) in [6.07, 6.45) is 8.98. The molecule has 2 heterocycles. The molecule has 0 amide bonds. The normalized spacial score (nSPS) is 42.5. The fourth-order valence-corrected chi connectivity index (χ4v) is 3.05. The Hall–Kier alpha value is -0.0800. The highest BCUT2D eigenvalue weighted by molar-refractivity contribution is 5.03. The van der Waals surface area contributed by atoms with Gasteiger partial charge in [0.15, 0.2) is 0 Å². The van der Waals surface area contributed by atoms with E-state index in [4.69, 9.17) is 9.47 Å². The van der Waals surface area contributed by atoms with E-state index in [2.05, 4.69) is 0 Å². The van der Waals surface area contributed by atoms with Gasteiger partial charge in [0.25, 0.3) is 0 Å². The van der Waals surface area contributed by atoms with E-state index in [0.29, 0.717) is 0 Å². The van der Waals surface area contributed by atoms with E-state index in [-0.39, 0.29) is 11.2 Å². The summed E-state index contributed by atoms with van der Waals surface area (Å²) in [5.41, 5.74) is 0.503. The molecular formula is C11H18O2. The third-order valence-corrected chi connectivity index (χ3v) is 3.93. The maximum absolute atomic E-state index is 6.00. The van der Waals surface area contributed by atoms with Crippen LogP contribution < -0.4 is 0 Å². The van der Waals surface area contributed by atoms with E-state index in [1.807, 2.05) is 0 Å². The van der Waals surface area contributed by atoms with Crippen LogP contribution in [0.25, 0.3) is 0 Å². The third-order valence-electron chi connectivity index (χ3n) is 3.93. The molecule has 2 aliphatic heterocycles. The Bertz CT molecular complexity index is 197. The molecule has 2 heteroatoms. The number of hydrogen-bond acceptors (Lipinski definition) is 2. The fraction of sp³-hybridized carbons (Fsp3) is 1.00. The van der Waals surface area contributed by atoms with Crippen LogP contribution in [0.2, 0.25) is 0 Å². The number of hydrogen-bond donors (Lipinski definition) is 0. The highest BCUT2D eigenvalue weighted by Gasteiger charge is 2.54. The van der Waals surface area contributed by atoms with Gasteiger partial charge in [-0.15, -0.1) is 0 Å². The Balaban J connectivity index is 1.74. The summed E-state index contributed by atoms with van der Waals surface area (Å²) in [7, 11) is 0. The van der Waals surface area contributed by atoms with Crippen molar-refractivity contribution in [2.75, 3.05) is 13.2 Å². The molecule has 3 fully saturated rings. The van der Waals surface area contributed by atoms with Gasteiger partial charge in [0, 0.05) is 12.8 Å². The fourth-order valence-electron chi connectivity index (χ4n) is 3.05. The van der Waals surface area contributed by atoms with Gasteiger partial charge in [0.05, 0.1) is 24.4 Å². The minimum atomic E-state index is 0.229. The van der Waals surface area contributed by atoms with E-state index in [1.54, 1.807) is 0 Å². The molecule has 1 saturated carbocycles. The molecule has 0 radical (unpaired) electrons. The highest BCUT2D eigenvalue weighted by atomic mass is 16.6. The molecule has 13 heavy (non-hydrogen) atoms. The molecular weight excluding hydrogens is 164 g/mol. The van der Waals surface area contributed by atoms with E-state index < -0.39 is 0 Å². The zero-order chi connectivity index (χ0) is 8.78.